The van der Waals surface area contributed by atoms with Gasteiger partial charge in [0.1, 0.15) is 6.61 Å². The van der Waals surface area contributed by atoms with E-state index in [1.165, 1.54) is 0 Å². The van der Waals surface area contributed by atoms with E-state index in [1.54, 1.807) is 6.07 Å². The molecule has 0 spiro atoms. The minimum atomic E-state index is -1.03. The molecule has 1 rings (SSSR count). The van der Waals surface area contributed by atoms with E-state index in [4.69, 9.17) is 9.84 Å². The summed E-state index contributed by atoms with van der Waals surface area (Å²) in [6.07, 6.45) is 0. The third-order valence-electron chi connectivity index (χ3n) is 2.13. The summed E-state index contributed by atoms with van der Waals surface area (Å²) in [5.74, 6) is -1.03. The summed E-state index contributed by atoms with van der Waals surface area (Å²) in [4.78, 5) is 21.7. The molecular formula is C12H15BrN2O4. The van der Waals surface area contributed by atoms with E-state index < -0.39 is 5.97 Å². The molecule has 0 saturated heterocycles. The SMILES string of the molecule is Cc1ccc(NC(=O)NCCOCC(=O)O)c(Br)c1. The number of carbonyl (C=O) groups excluding carboxylic acids is 1. The van der Waals surface area contributed by atoms with Crippen LogP contribution in [0.3, 0.4) is 0 Å². The number of anilines is 1. The minimum absolute atomic E-state index is 0.148. The average molecular weight is 331 g/mol. The molecule has 0 unspecified atom stereocenters. The number of benzene rings is 1. The van der Waals surface area contributed by atoms with Crippen LogP contribution in [-0.4, -0.2) is 36.9 Å². The fraction of sp³-hybridized carbons (Fsp3) is 0.333. The summed E-state index contributed by atoms with van der Waals surface area (Å²) in [6.45, 7) is 1.97. The van der Waals surface area contributed by atoms with E-state index in [9.17, 15) is 9.59 Å². The van der Waals surface area contributed by atoms with Crippen molar-refractivity contribution in [2.24, 2.45) is 0 Å². The Kier molecular flexibility index (Phi) is 6.31. The van der Waals surface area contributed by atoms with E-state index in [0.717, 1.165) is 10.0 Å². The Morgan fingerprint density at radius 3 is 2.79 bits per heavy atom. The molecule has 0 heterocycles. The zero-order valence-corrected chi connectivity index (χ0v) is 12.0. The molecule has 0 fully saturated rings. The first kappa shape index (κ1) is 15.5. The van der Waals surface area contributed by atoms with Gasteiger partial charge in [0, 0.05) is 11.0 Å². The van der Waals surface area contributed by atoms with Crippen molar-refractivity contribution in [3.63, 3.8) is 0 Å². The number of urea groups is 1. The molecule has 0 bridgehead atoms. The number of amides is 2. The molecule has 0 aliphatic rings. The van der Waals surface area contributed by atoms with Gasteiger partial charge in [-0.1, -0.05) is 6.07 Å². The van der Waals surface area contributed by atoms with Crippen LogP contribution in [0.2, 0.25) is 0 Å². The van der Waals surface area contributed by atoms with E-state index in [2.05, 4.69) is 26.6 Å². The Morgan fingerprint density at radius 2 is 2.16 bits per heavy atom. The van der Waals surface area contributed by atoms with Crippen LogP contribution >= 0.6 is 15.9 Å². The molecule has 0 atom stereocenters. The number of rotatable bonds is 6. The Morgan fingerprint density at radius 1 is 1.42 bits per heavy atom. The summed E-state index contributed by atoms with van der Waals surface area (Å²) < 4.78 is 5.58. The Balaban J connectivity index is 2.29. The summed E-state index contributed by atoms with van der Waals surface area (Å²) in [5.41, 5.74) is 1.74. The van der Waals surface area contributed by atoms with Crippen LogP contribution in [0.25, 0.3) is 0 Å². The number of carboxylic acids is 1. The third kappa shape index (κ3) is 6.21. The van der Waals surface area contributed by atoms with Crippen LogP contribution in [0.15, 0.2) is 22.7 Å². The first-order valence-corrected chi connectivity index (χ1v) is 6.39. The van der Waals surface area contributed by atoms with Gasteiger partial charge >= 0.3 is 12.0 Å². The quantitative estimate of drug-likeness (QED) is 0.696. The molecule has 19 heavy (non-hydrogen) atoms. The highest BCUT2D eigenvalue weighted by Gasteiger charge is 2.05. The molecular weight excluding hydrogens is 316 g/mol. The van der Waals surface area contributed by atoms with Gasteiger partial charge < -0.3 is 20.5 Å². The molecule has 7 heteroatoms. The minimum Gasteiger partial charge on any atom is -0.480 e. The lowest BCUT2D eigenvalue weighted by Gasteiger charge is -2.09. The van der Waals surface area contributed by atoms with Crippen LogP contribution < -0.4 is 10.6 Å². The highest BCUT2D eigenvalue weighted by molar-refractivity contribution is 9.10. The molecule has 0 saturated carbocycles. The monoisotopic (exact) mass is 330 g/mol. The fourth-order valence-corrected chi connectivity index (χ4v) is 1.88. The molecule has 0 radical (unpaired) electrons. The fourth-order valence-electron chi connectivity index (χ4n) is 1.28. The molecule has 104 valence electrons. The summed E-state index contributed by atoms with van der Waals surface area (Å²) >= 11 is 3.35. The summed E-state index contributed by atoms with van der Waals surface area (Å²) in [5, 5.41) is 13.6. The molecule has 3 N–H and O–H groups in total. The second-order valence-corrected chi connectivity index (χ2v) is 4.66. The second-order valence-electron chi connectivity index (χ2n) is 3.81. The lowest BCUT2D eigenvalue weighted by molar-refractivity contribution is -0.142. The summed E-state index contributed by atoms with van der Waals surface area (Å²) in [7, 11) is 0. The van der Waals surface area contributed by atoms with Gasteiger partial charge in [0.25, 0.3) is 0 Å². The van der Waals surface area contributed by atoms with Crippen LogP contribution in [0.1, 0.15) is 5.56 Å². The number of aliphatic carboxylic acids is 1. The van der Waals surface area contributed by atoms with Gasteiger partial charge in [-0.05, 0) is 40.5 Å². The zero-order valence-electron chi connectivity index (χ0n) is 10.4. The highest BCUT2D eigenvalue weighted by Crippen LogP contribution is 2.22. The maximum absolute atomic E-state index is 11.5. The van der Waals surface area contributed by atoms with Crippen molar-refractivity contribution in [3.05, 3.63) is 28.2 Å². The molecule has 1 aromatic carbocycles. The maximum Gasteiger partial charge on any atom is 0.329 e. The molecule has 0 aliphatic carbocycles. The molecule has 0 aliphatic heterocycles. The molecule has 2 amide bonds. The molecule has 1 aromatic rings. The number of aryl methyl sites for hydroxylation is 1. The number of ether oxygens (including phenoxy) is 1. The average Bonchev–Trinajstić information content (AvgIpc) is 2.32. The second kappa shape index (κ2) is 7.75. The van der Waals surface area contributed by atoms with E-state index in [0.29, 0.717) is 5.69 Å². The third-order valence-corrected chi connectivity index (χ3v) is 2.79. The van der Waals surface area contributed by atoms with Crippen LogP contribution in [0.5, 0.6) is 0 Å². The van der Waals surface area contributed by atoms with Gasteiger partial charge in [-0.3, -0.25) is 0 Å². The van der Waals surface area contributed by atoms with Crippen LogP contribution in [0, 0.1) is 6.92 Å². The first-order chi connectivity index (χ1) is 8.99. The molecule has 6 nitrogen and oxygen atoms in total. The van der Waals surface area contributed by atoms with Gasteiger partial charge in [-0.2, -0.15) is 0 Å². The van der Waals surface area contributed by atoms with E-state index >= 15 is 0 Å². The van der Waals surface area contributed by atoms with Gasteiger partial charge in [-0.25, -0.2) is 9.59 Å². The van der Waals surface area contributed by atoms with Gasteiger partial charge in [-0.15, -0.1) is 0 Å². The van der Waals surface area contributed by atoms with E-state index in [1.807, 2.05) is 19.1 Å². The van der Waals surface area contributed by atoms with Crippen molar-refractivity contribution in [1.29, 1.82) is 0 Å². The van der Waals surface area contributed by atoms with Gasteiger partial charge in [0.2, 0.25) is 0 Å². The van der Waals surface area contributed by atoms with Crippen molar-refractivity contribution in [3.8, 4) is 0 Å². The lowest BCUT2D eigenvalue weighted by Crippen LogP contribution is -2.32. The van der Waals surface area contributed by atoms with Crippen molar-refractivity contribution in [1.82, 2.24) is 5.32 Å². The summed E-state index contributed by atoms with van der Waals surface area (Å²) in [6, 6.07) is 5.20. The predicted molar refractivity (Wildman–Crippen MR) is 74.4 cm³/mol. The topological polar surface area (TPSA) is 87.7 Å². The predicted octanol–water partition coefficient (Wildman–Crippen LogP) is 1.98. The largest absolute Gasteiger partial charge is 0.480 e. The maximum atomic E-state index is 11.5. The number of hydrogen-bond donors (Lipinski definition) is 3. The lowest BCUT2D eigenvalue weighted by atomic mass is 10.2. The standard InChI is InChI=1S/C12H15BrN2O4/c1-8-2-3-10(9(13)6-8)15-12(18)14-4-5-19-7-11(16)17/h2-3,6H,4-5,7H2,1H3,(H,16,17)(H2,14,15,18). The number of carbonyl (C=O) groups is 2. The highest BCUT2D eigenvalue weighted by atomic mass is 79.9. The van der Waals surface area contributed by atoms with Gasteiger partial charge in [0.15, 0.2) is 0 Å². The normalized spacial score (nSPS) is 10.0. The van der Waals surface area contributed by atoms with Crippen molar-refractivity contribution < 1.29 is 19.4 Å². The Hall–Kier alpha value is -1.60. The Bertz CT molecular complexity index is 465. The van der Waals surface area contributed by atoms with Crippen LogP contribution in [-0.2, 0) is 9.53 Å². The molecule has 0 aromatic heterocycles. The van der Waals surface area contributed by atoms with Gasteiger partial charge in [0.05, 0.1) is 12.3 Å². The Labute approximate surface area is 119 Å². The first-order valence-electron chi connectivity index (χ1n) is 5.59. The smallest absolute Gasteiger partial charge is 0.329 e. The number of halogens is 1. The number of hydrogen-bond acceptors (Lipinski definition) is 3. The van der Waals surface area contributed by atoms with Crippen LogP contribution in [0.4, 0.5) is 10.5 Å². The van der Waals surface area contributed by atoms with Crippen molar-refractivity contribution in [2.45, 2.75) is 6.92 Å². The number of nitrogens with one attached hydrogen (secondary N) is 2. The number of carboxylic acid groups (broad SMARTS) is 1. The van der Waals surface area contributed by atoms with Crippen molar-refractivity contribution in [2.75, 3.05) is 25.1 Å². The van der Waals surface area contributed by atoms with Crippen molar-refractivity contribution >= 4 is 33.6 Å². The van der Waals surface area contributed by atoms with E-state index in [-0.39, 0.29) is 25.8 Å². The zero-order chi connectivity index (χ0) is 14.3.